The van der Waals surface area contributed by atoms with Gasteiger partial charge in [-0.25, -0.2) is 12.8 Å². The number of carbonyl (C=O) groups is 2. The zero-order valence-corrected chi connectivity index (χ0v) is 28.8. The Hall–Kier alpha value is -3.22. The van der Waals surface area contributed by atoms with Crippen molar-refractivity contribution < 1.29 is 37.0 Å². The third-order valence-electron chi connectivity index (χ3n) is 9.21. The molecule has 0 saturated heterocycles. The predicted octanol–water partition coefficient (Wildman–Crippen LogP) is 5.46. The van der Waals surface area contributed by atoms with Crippen molar-refractivity contribution in [2.24, 2.45) is 11.8 Å². The molecule has 4 rings (SSSR count). The highest BCUT2D eigenvalue weighted by atomic mass is 32.2. The Morgan fingerprint density at radius 3 is 2.43 bits per heavy atom. The van der Waals surface area contributed by atoms with E-state index in [1.165, 1.54) is 12.1 Å². The first-order valence-electron chi connectivity index (χ1n) is 16.8. The zero-order chi connectivity index (χ0) is 34.1. The maximum absolute atomic E-state index is 14.3. The number of hydrogen-bond donors (Lipinski definition) is 2. The first kappa shape index (κ1) is 36.6. The van der Waals surface area contributed by atoms with E-state index in [9.17, 15) is 27.5 Å². The van der Waals surface area contributed by atoms with E-state index in [0.717, 1.165) is 69.2 Å². The lowest BCUT2D eigenvalue weighted by Gasteiger charge is -2.36. The Morgan fingerprint density at radius 1 is 1.06 bits per heavy atom. The maximum atomic E-state index is 14.3. The fourth-order valence-corrected chi connectivity index (χ4v) is 7.35. The molecule has 0 unspecified atom stereocenters. The second kappa shape index (κ2) is 16.7. The number of fused-ring (bicyclic) bond motifs is 1. The van der Waals surface area contributed by atoms with Crippen LogP contribution in [0.15, 0.2) is 47.4 Å². The number of carbonyl (C=O) groups excluding carboxylic acids is 2. The van der Waals surface area contributed by atoms with Crippen LogP contribution in [0, 0.1) is 17.7 Å². The van der Waals surface area contributed by atoms with E-state index in [0.29, 0.717) is 25.3 Å². The Morgan fingerprint density at radius 2 is 1.74 bits per heavy atom. The van der Waals surface area contributed by atoms with E-state index in [1.54, 1.807) is 22.8 Å². The van der Waals surface area contributed by atoms with E-state index >= 15 is 0 Å². The summed E-state index contributed by atoms with van der Waals surface area (Å²) < 4.78 is 54.7. The molecule has 1 aliphatic carbocycles. The number of hydrogen-bond acceptors (Lipinski definition) is 7. The number of ether oxygens (including phenoxy) is 2. The molecule has 2 aromatic carbocycles. The van der Waals surface area contributed by atoms with E-state index in [-0.39, 0.29) is 59.2 Å². The number of rotatable bonds is 8. The van der Waals surface area contributed by atoms with Gasteiger partial charge in [0.15, 0.2) is 0 Å². The van der Waals surface area contributed by atoms with Crippen LogP contribution in [0.25, 0.3) is 0 Å². The Kier molecular flexibility index (Phi) is 13.0. The number of likely N-dealkylation sites (N-methyl/N-ethyl adjacent to an activating group) is 1. The molecule has 2 amide bonds. The second-order valence-corrected chi connectivity index (χ2v) is 14.8. The lowest BCUT2D eigenvalue weighted by atomic mass is 9.88. The first-order valence-corrected chi connectivity index (χ1v) is 18.3. The Balaban J connectivity index is 1.64. The lowest BCUT2D eigenvalue weighted by molar-refractivity contribution is -0.137. The van der Waals surface area contributed by atoms with Crippen LogP contribution in [0.1, 0.15) is 82.5 Å². The molecule has 1 fully saturated rings. The van der Waals surface area contributed by atoms with E-state index in [4.69, 9.17) is 9.47 Å². The molecule has 0 radical (unpaired) electrons. The fraction of sp³-hybridized carbons (Fsp3) is 0.600. The number of sulfonamides is 1. The van der Waals surface area contributed by atoms with Crippen LogP contribution >= 0.6 is 0 Å². The summed E-state index contributed by atoms with van der Waals surface area (Å²) in [5.74, 6) is -0.742. The topological polar surface area (TPSA) is 125 Å². The molecule has 1 heterocycles. The van der Waals surface area contributed by atoms with Crippen molar-refractivity contribution >= 4 is 27.5 Å². The minimum absolute atomic E-state index is 0.0303. The highest BCUT2D eigenvalue weighted by molar-refractivity contribution is 7.92. The molecule has 4 atom stereocenters. The van der Waals surface area contributed by atoms with Gasteiger partial charge >= 0.3 is 0 Å². The Bertz CT molecular complexity index is 1450. The van der Waals surface area contributed by atoms with Crippen LogP contribution in [0.4, 0.5) is 10.1 Å². The maximum Gasteiger partial charge on any atom is 0.261 e. The summed E-state index contributed by atoms with van der Waals surface area (Å²) >= 11 is 0. The summed E-state index contributed by atoms with van der Waals surface area (Å²) in [6, 6.07) is 8.40. The van der Waals surface area contributed by atoms with Crippen molar-refractivity contribution in [1.82, 2.24) is 9.80 Å². The van der Waals surface area contributed by atoms with Crippen LogP contribution < -0.4 is 9.46 Å². The summed E-state index contributed by atoms with van der Waals surface area (Å²) in [5.41, 5.74) is 0.273. The second-order valence-electron chi connectivity index (χ2n) is 13.1. The van der Waals surface area contributed by atoms with Crippen LogP contribution in [0.2, 0.25) is 0 Å². The number of aliphatic hydroxyl groups excluding tert-OH is 1. The van der Waals surface area contributed by atoms with Gasteiger partial charge in [-0.15, -0.1) is 0 Å². The number of amides is 2. The summed E-state index contributed by atoms with van der Waals surface area (Å²) in [6.45, 7) is 6.45. The van der Waals surface area contributed by atoms with Gasteiger partial charge < -0.3 is 24.4 Å². The molecular weight excluding hydrogens is 625 g/mol. The molecule has 0 aromatic heterocycles. The van der Waals surface area contributed by atoms with Gasteiger partial charge in [-0.3, -0.25) is 14.3 Å². The molecule has 10 nitrogen and oxygen atoms in total. The molecule has 1 saturated carbocycles. The summed E-state index contributed by atoms with van der Waals surface area (Å²) in [6.07, 6.45) is 6.83. The Labute approximate surface area is 278 Å². The number of benzene rings is 2. The van der Waals surface area contributed by atoms with Gasteiger partial charge in [0.2, 0.25) is 5.91 Å². The van der Waals surface area contributed by atoms with E-state index in [2.05, 4.69) is 4.72 Å². The number of anilines is 1. The van der Waals surface area contributed by atoms with Crippen LogP contribution in [-0.2, 0) is 19.6 Å². The van der Waals surface area contributed by atoms with Gasteiger partial charge in [0.25, 0.3) is 15.9 Å². The van der Waals surface area contributed by atoms with Gasteiger partial charge in [-0.05, 0) is 88.4 Å². The zero-order valence-electron chi connectivity index (χ0n) is 28.0. The summed E-state index contributed by atoms with van der Waals surface area (Å²) in [7, 11) is -2.26. The number of nitrogens with one attached hydrogen (secondary N) is 1. The number of nitrogens with zero attached hydrogens (tertiary/aromatic N) is 2. The predicted molar refractivity (Wildman–Crippen MR) is 178 cm³/mol. The molecular formula is C35H50FN3O7S. The lowest BCUT2D eigenvalue weighted by Crippen LogP contribution is -2.48. The molecule has 12 heteroatoms. The molecule has 260 valence electrons. The normalized spacial score (nSPS) is 22.8. The van der Waals surface area contributed by atoms with Gasteiger partial charge in [-0.1, -0.05) is 26.2 Å². The van der Waals surface area contributed by atoms with Crippen molar-refractivity contribution in [1.29, 1.82) is 0 Å². The van der Waals surface area contributed by atoms with Crippen LogP contribution in [0.5, 0.6) is 5.75 Å². The third kappa shape index (κ3) is 9.90. The van der Waals surface area contributed by atoms with Crippen molar-refractivity contribution in [3.8, 4) is 5.75 Å². The molecule has 2 N–H and O–H groups in total. The van der Waals surface area contributed by atoms with Gasteiger partial charge in [0, 0.05) is 44.3 Å². The van der Waals surface area contributed by atoms with E-state index < -0.39 is 27.8 Å². The van der Waals surface area contributed by atoms with Crippen molar-refractivity contribution in [2.75, 3.05) is 38.1 Å². The van der Waals surface area contributed by atoms with Crippen molar-refractivity contribution in [3.05, 3.63) is 53.8 Å². The molecule has 2 aliphatic rings. The SMILES string of the molecule is C[C@@H]1CN([C@H](C)CO)C(=O)c2cc(NS(=O)(=O)c3ccc(F)cc3)ccc2O[C@@H](C)CCCCO[C@@H]1CN(C)C(=O)C1CCCCC1. The third-order valence-corrected chi connectivity index (χ3v) is 10.6. The van der Waals surface area contributed by atoms with Crippen LogP contribution in [-0.4, -0.2) is 86.7 Å². The highest BCUT2D eigenvalue weighted by Crippen LogP contribution is 2.30. The average molecular weight is 676 g/mol. The minimum Gasteiger partial charge on any atom is -0.490 e. The minimum atomic E-state index is -4.08. The highest BCUT2D eigenvalue weighted by Gasteiger charge is 2.32. The molecule has 1 aliphatic heterocycles. The molecule has 0 bridgehead atoms. The molecule has 47 heavy (non-hydrogen) atoms. The van der Waals surface area contributed by atoms with Crippen molar-refractivity contribution in [2.45, 2.75) is 95.3 Å². The summed E-state index contributed by atoms with van der Waals surface area (Å²) in [4.78, 5) is 30.9. The fourth-order valence-electron chi connectivity index (χ4n) is 6.30. The monoisotopic (exact) mass is 675 g/mol. The molecule has 2 aromatic rings. The first-order chi connectivity index (χ1) is 22.4. The van der Waals surface area contributed by atoms with Crippen LogP contribution in [0.3, 0.4) is 0 Å². The van der Waals surface area contributed by atoms with Gasteiger partial charge in [0.05, 0.1) is 35.3 Å². The summed E-state index contributed by atoms with van der Waals surface area (Å²) in [5, 5.41) is 10.2. The molecule has 0 spiro atoms. The van der Waals surface area contributed by atoms with E-state index in [1.807, 2.05) is 20.9 Å². The quantitative estimate of drug-likeness (QED) is 0.381. The number of aliphatic hydroxyl groups is 1. The smallest absolute Gasteiger partial charge is 0.261 e. The van der Waals surface area contributed by atoms with Gasteiger partial charge in [-0.2, -0.15) is 0 Å². The average Bonchev–Trinajstić information content (AvgIpc) is 3.06. The van der Waals surface area contributed by atoms with Gasteiger partial charge in [0.1, 0.15) is 11.6 Å². The standard InChI is InChI=1S/C35H50FN3O7S/c1-24-21-39(25(2)23-40)35(42)31-20-29(37-47(43,44)30-16-13-28(36)14-17-30)15-18-32(31)46-26(3)10-8-9-19-45-33(24)22-38(4)34(41)27-11-6-5-7-12-27/h13-18,20,24-27,33,37,40H,5-12,19,21-23H2,1-4H3/t24-,25-,26+,33-/m1/s1. The van der Waals surface area contributed by atoms with Crippen molar-refractivity contribution in [3.63, 3.8) is 0 Å². The number of halogens is 1. The largest absolute Gasteiger partial charge is 0.490 e.